The minimum absolute atomic E-state index is 0.186. The molecule has 2 saturated heterocycles. The van der Waals surface area contributed by atoms with Crippen LogP contribution in [0.1, 0.15) is 12.8 Å². The SMILES string of the molecule is O=c1oc2cc(N3CC4CCC(C3)N4)ccc2cc1-c1cn2cccc(F)c2n1. The van der Waals surface area contributed by atoms with E-state index in [-0.39, 0.29) is 5.65 Å². The van der Waals surface area contributed by atoms with Crippen LogP contribution in [0.15, 0.2) is 58.0 Å². The summed E-state index contributed by atoms with van der Waals surface area (Å²) in [5.41, 5.74) is 2.06. The average molecular weight is 390 g/mol. The lowest BCUT2D eigenvalue weighted by molar-refractivity contribution is 0.465. The molecule has 6 nitrogen and oxygen atoms in total. The molecule has 0 saturated carbocycles. The highest BCUT2D eigenvalue weighted by molar-refractivity contribution is 5.84. The largest absolute Gasteiger partial charge is 0.422 e. The zero-order chi connectivity index (χ0) is 19.5. The predicted molar refractivity (Wildman–Crippen MR) is 109 cm³/mol. The molecule has 7 heteroatoms. The summed E-state index contributed by atoms with van der Waals surface area (Å²) in [4.78, 5) is 19.3. The zero-order valence-corrected chi connectivity index (χ0v) is 15.6. The first kappa shape index (κ1) is 16.7. The molecule has 2 atom stereocenters. The van der Waals surface area contributed by atoms with Gasteiger partial charge in [-0.15, -0.1) is 0 Å². The zero-order valence-electron chi connectivity index (χ0n) is 15.6. The second kappa shape index (κ2) is 6.15. The molecule has 5 heterocycles. The van der Waals surface area contributed by atoms with E-state index in [1.54, 1.807) is 28.9 Å². The number of piperazine rings is 1. The molecule has 0 amide bonds. The molecule has 6 rings (SSSR count). The van der Waals surface area contributed by atoms with Crippen molar-refractivity contribution in [2.24, 2.45) is 0 Å². The highest BCUT2D eigenvalue weighted by Crippen LogP contribution is 2.29. The molecule has 1 N–H and O–H groups in total. The van der Waals surface area contributed by atoms with Gasteiger partial charge in [0.05, 0.1) is 11.3 Å². The second-order valence-electron chi connectivity index (χ2n) is 7.93. The quantitative estimate of drug-likeness (QED) is 0.533. The third-order valence-corrected chi connectivity index (χ3v) is 6.01. The van der Waals surface area contributed by atoms with Crippen LogP contribution in [0.2, 0.25) is 0 Å². The molecule has 2 bridgehead atoms. The summed E-state index contributed by atoms with van der Waals surface area (Å²) in [6, 6.07) is 11.8. The monoisotopic (exact) mass is 390 g/mol. The molecule has 1 aromatic carbocycles. The summed E-state index contributed by atoms with van der Waals surface area (Å²) in [5, 5.41) is 4.44. The van der Waals surface area contributed by atoms with Crippen molar-refractivity contribution in [2.45, 2.75) is 24.9 Å². The number of fused-ring (bicyclic) bond motifs is 4. The normalized spacial score (nSPS) is 21.3. The summed E-state index contributed by atoms with van der Waals surface area (Å²) < 4.78 is 21.2. The number of nitrogens with one attached hydrogen (secondary N) is 1. The topological polar surface area (TPSA) is 62.8 Å². The Morgan fingerprint density at radius 3 is 2.76 bits per heavy atom. The van der Waals surface area contributed by atoms with Gasteiger partial charge in [0, 0.05) is 54.7 Å². The smallest absolute Gasteiger partial charge is 0.345 e. The van der Waals surface area contributed by atoms with Gasteiger partial charge in [0.25, 0.3) is 0 Å². The van der Waals surface area contributed by atoms with E-state index in [0.29, 0.717) is 28.9 Å². The number of rotatable bonds is 2. The van der Waals surface area contributed by atoms with Crippen LogP contribution in [-0.2, 0) is 0 Å². The van der Waals surface area contributed by atoms with Gasteiger partial charge in [-0.1, -0.05) is 0 Å². The summed E-state index contributed by atoms with van der Waals surface area (Å²) in [6.07, 6.45) is 5.77. The van der Waals surface area contributed by atoms with Gasteiger partial charge in [-0.3, -0.25) is 0 Å². The Morgan fingerprint density at radius 2 is 1.97 bits per heavy atom. The fourth-order valence-electron chi connectivity index (χ4n) is 4.59. The number of halogens is 1. The van der Waals surface area contributed by atoms with Crippen molar-refractivity contribution in [1.82, 2.24) is 14.7 Å². The Bertz CT molecular complexity index is 1300. The van der Waals surface area contributed by atoms with Crippen LogP contribution < -0.4 is 15.8 Å². The summed E-state index contributed by atoms with van der Waals surface area (Å²) in [6.45, 7) is 1.94. The number of hydrogen-bond donors (Lipinski definition) is 1. The molecule has 2 aliphatic rings. The van der Waals surface area contributed by atoms with Crippen LogP contribution in [0.25, 0.3) is 27.9 Å². The minimum atomic E-state index is -0.473. The Morgan fingerprint density at radius 1 is 1.14 bits per heavy atom. The molecular formula is C22H19FN4O2. The Labute approximate surface area is 165 Å². The Hall–Kier alpha value is -3.19. The lowest BCUT2D eigenvalue weighted by atomic mass is 10.1. The predicted octanol–water partition coefficient (Wildman–Crippen LogP) is 3.19. The molecule has 4 aromatic rings. The van der Waals surface area contributed by atoms with E-state index in [1.165, 1.54) is 18.9 Å². The van der Waals surface area contributed by atoms with E-state index in [1.807, 2.05) is 12.1 Å². The molecule has 2 fully saturated rings. The van der Waals surface area contributed by atoms with Gasteiger partial charge < -0.3 is 19.0 Å². The molecule has 0 radical (unpaired) electrons. The number of anilines is 1. The van der Waals surface area contributed by atoms with Crippen LogP contribution >= 0.6 is 0 Å². The van der Waals surface area contributed by atoms with Crippen LogP contribution in [0.4, 0.5) is 10.1 Å². The van der Waals surface area contributed by atoms with E-state index in [4.69, 9.17) is 4.42 Å². The Kier molecular flexibility index (Phi) is 3.55. The highest BCUT2D eigenvalue weighted by Gasteiger charge is 2.32. The fourth-order valence-corrected chi connectivity index (χ4v) is 4.59. The van der Waals surface area contributed by atoms with Crippen molar-refractivity contribution in [2.75, 3.05) is 18.0 Å². The number of aromatic nitrogens is 2. The van der Waals surface area contributed by atoms with Crippen molar-refractivity contribution in [3.05, 3.63) is 65.0 Å². The lowest BCUT2D eigenvalue weighted by Crippen LogP contribution is -2.51. The van der Waals surface area contributed by atoms with E-state index in [2.05, 4.69) is 21.3 Å². The maximum atomic E-state index is 14.0. The molecule has 2 aliphatic heterocycles. The van der Waals surface area contributed by atoms with Crippen molar-refractivity contribution < 1.29 is 8.81 Å². The van der Waals surface area contributed by atoms with E-state index in [9.17, 15) is 9.18 Å². The molecule has 2 unspecified atom stereocenters. The lowest BCUT2D eigenvalue weighted by Gasteiger charge is -2.34. The fraction of sp³-hybridized carbons (Fsp3) is 0.273. The first-order valence-corrected chi connectivity index (χ1v) is 9.86. The molecule has 3 aromatic heterocycles. The first-order valence-electron chi connectivity index (χ1n) is 9.86. The maximum absolute atomic E-state index is 14.0. The van der Waals surface area contributed by atoms with Gasteiger partial charge in [0.1, 0.15) is 5.58 Å². The van der Waals surface area contributed by atoms with Gasteiger partial charge in [-0.25, -0.2) is 14.2 Å². The molecule has 146 valence electrons. The van der Waals surface area contributed by atoms with Crippen molar-refractivity contribution >= 4 is 22.3 Å². The van der Waals surface area contributed by atoms with Crippen LogP contribution in [0.5, 0.6) is 0 Å². The van der Waals surface area contributed by atoms with Crippen molar-refractivity contribution in [3.8, 4) is 11.3 Å². The van der Waals surface area contributed by atoms with Gasteiger partial charge in [-0.05, 0) is 43.2 Å². The summed E-state index contributed by atoms with van der Waals surface area (Å²) in [5.74, 6) is -0.432. The number of hydrogen-bond acceptors (Lipinski definition) is 5. The first-order chi connectivity index (χ1) is 14.1. The minimum Gasteiger partial charge on any atom is -0.422 e. The molecule has 0 spiro atoms. The van der Waals surface area contributed by atoms with E-state index >= 15 is 0 Å². The molecule has 0 aliphatic carbocycles. The summed E-state index contributed by atoms with van der Waals surface area (Å²) >= 11 is 0. The third kappa shape index (κ3) is 2.73. The summed E-state index contributed by atoms with van der Waals surface area (Å²) in [7, 11) is 0. The van der Waals surface area contributed by atoms with Gasteiger partial charge in [0.15, 0.2) is 11.5 Å². The maximum Gasteiger partial charge on any atom is 0.345 e. The van der Waals surface area contributed by atoms with E-state index in [0.717, 1.165) is 24.2 Å². The van der Waals surface area contributed by atoms with Crippen LogP contribution in [0.3, 0.4) is 0 Å². The second-order valence-corrected chi connectivity index (χ2v) is 7.93. The number of pyridine rings is 1. The number of imidazole rings is 1. The molecule has 29 heavy (non-hydrogen) atoms. The van der Waals surface area contributed by atoms with Crippen LogP contribution in [-0.4, -0.2) is 34.6 Å². The number of benzene rings is 1. The van der Waals surface area contributed by atoms with Gasteiger partial charge in [-0.2, -0.15) is 0 Å². The number of nitrogens with zero attached hydrogens (tertiary/aromatic N) is 3. The molecular weight excluding hydrogens is 371 g/mol. The third-order valence-electron chi connectivity index (χ3n) is 6.01. The standard InChI is InChI=1S/C22H19FN4O2/c23-18-2-1-7-26-12-19(25-21(18)26)17-8-13-3-6-16(9-20(13)29-22(17)28)27-10-14-4-5-15(11-27)24-14/h1-3,6-9,12,14-15,24H,4-5,10-11H2. The van der Waals surface area contributed by atoms with Crippen LogP contribution in [0, 0.1) is 5.82 Å². The highest BCUT2D eigenvalue weighted by atomic mass is 19.1. The van der Waals surface area contributed by atoms with E-state index < -0.39 is 11.4 Å². The average Bonchev–Trinajstić information content (AvgIpc) is 3.30. The van der Waals surface area contributed by atoms with Gasteiger partial charge >= 0.3 is 5.63 Å². The Balaban J connectivity index is 1.41. The van der Waals surface area contributed by atoms with Gasteiger partial charge in [0.2, 0.25) is 0 Å². The van der Waals surface area contributed by atoms with Crippen molar-refractivity contribution in [3.63, 3.8) is 0 Å². The van der Waals surface area contributed by atoms with Crippen molar-refractivity contribution in [1.29, 1.82) is 0 Å².